The van der Waals surface area contributed by atoms with Gasteiger partial charge in [0.1, 0.15) is 0 Å². The molecule has 4 nitrogen and oxygen atoms in total. The van der Waals surface area contributed by atoms with E-state index in [9.17, 15) is 0 Å². The van der Waals surface area contributed by atoms with Crippen LogP contribution in [0.25, 0.3) is 11.5 Å². The van der Waals surface area contributed by atoms with Gasteiger partial charge in [-0.1, -0.05) is 44.5 Å². The molecule has 0 saturated carbocycles. The molecular weight excluding hydrogens is 322 g/mol. The number of halogens is 1. The van der Waals surface area contributed by atoms with Crippen LogP contribution in [0.2, 0.25) is 5.02 Å². The molecule has 0 atom stereocenters. The first kappa shape index (κ1) is 16.5. The molecule has 24 heavy (non-hydrogen) atoms. The SMILES string of the molecule is CC(C)(C)c1ccc(NCc2nnc(-c3ccc(Cl)cc3)o2)cc1. The first-order valence-electron chi connectivity index (χ1n) is 7.84. The van der Waals surface area contributed by atoms with E-state index in [0.29, 0.717) is 23.3 Å². The van der Waals surface area contributed by atoms with Gasteiger partial charge >= 0.3 is 0 Å². The van der Waals surface area contributed by atoms with Crippen molar-refractivity contribution in [1.29, 1.82) is 0 Å². The summed E-state index contributed by atoms with van der Waals surface area (Å²) in [5.41, 5.74) is 3.33. The lowest BCUT2D eigenvalue weighted by molar-refractivity contribution is 0.515. The molecule has 0 aliphatic rings. The van der Waals surface area contributed by atoms with E-state index < -0.39 is 0 Å². The third kappa shape index (κ3) is 3.95. The van der Waals surface area contributed by atoms with Crippen molar-refractivity contribution in [1.82, 2.24) is 10.2 Å². The zero-order chi connectivity index (χ0) is 17.2. The Morgan fingerprint density at radius 1 is 0.958 bits per heavy atom. The molecule has 5 heteroatoms. The molecule has 1 N–H and O–H groups in total. The van der Waals surface area contributed by atoms with Crippen LogP contribution in [0, 0.1) is 0 Å². The number of anilines is 1. The fourth-order valence-corrected chi connectivity index (χ4v) is 2.43. The van der Waals surface area contributed by atoms with Crippen molar-refractivity contribution in [3.63, 3.8) is 0 Å². The lowest BCUT2D eigenvalue weighted by atomic mass is 9.87. The fraction of sp³-hybridized carbons (Fsp3) is 0.263. The van der Waals surface area contributed by atoms with Crippen LogP contribution in [0.1, 0.15) is 32.2 Å². The Labute approximate surface area is 146 Å². The molecule has 0 saturated heterocycles. The standard InChI is InChI=1S/C19H20ClN3O/c1-19(2,3)14-6-10-16(11-7-14)21-12-17-22-23-18(24-17)13-4-8-15(20)9-5-13/h4-11,21H,12H2,1-3H3. The minimum atomic E-state index is 0.151. The number of rotatable bonds is 4. The molecule has 2 aromatic carbocycles. The number of nitrogens with one attached hydrogen (secondary N) is 1. The van der Waals surface area contributed by atoms with Crippen LogP contribution in [-0.4, -0.2) is 10.2 Å². The second kappa shape index (κ2) is 6.65. The Morgan fingerprint density at radius 2 is 1.62 bits per heavy atom. The third-order valence-corrected chi connectivity index (χ3v) is 4.00. The maximum Gasteiger partial charge on any atom is 0.247 e. The Bertz CT molecular complexity index is 802. The minimum Gasteiger partial charge on any atom is -0.419 e. The summed E-state index contributed by atoms with van der Waals surface area (Å²) >= 11 is 5.88. The normalized spacial score (nSPS) is 11.5. The molecule has 124 valence electrons. The van der Waals surface area contributed by atoms with E-state index >= 15 is 0 Å². The molecule has 0 amide bonds. The molecule has 0 fully saturated rings. The molecule has 3 rings (SSSR count). The van der Waals surface area contributed by atoms with Crippen molar-refractivity contribution < 1.29 is 4.42 Å². The molecule has 0 aliphatic carbocycles. The quantitative estimate of drug-likeness (QED) is 0.699. The van der Waals surface area contributed by atoms with Gasteiger partial charge in [0.05, 0.1) is 6.54 Å². The van der Waals surface area contributed by atoms with Crippen molar-refractivity contribution in [2.45, 2.75) is 32.7 Å². The highest BCUT2D eigenvalue weighted by atomic mass is 35.5. The van der Waals surface area contributed by atoms with E-state index in [-0.39, 0.29) is 5.41 Å². The zero-order valence-electron chi connectivity index (χ0n) is 14.0. The van der Waals surface area contributed by atoms with Crippen molar-refractivity contribution >= 4 is 17.3 Å². The average Bonchev–Trinajstić information content (AvgIpc) is 3.02. The van der Waals surface area contributed by atoms with Gasteiger partial charge in [0.15, 0.2) is 0 Å². The molecule has 0 aliphatic heterocycles. The highest BCUT2D eigenvalue weighted by molar-refractivity contribution is 6.30. The van der Waals surface area contributed by atoms with Crippen molar-refractivity contribution in [2.24, 2.45) is 0 Å². The molecule has 0 radical (unpaired) electrons. The summed E-state index contributed by atoms with van der Waals surface area (Å²) < 4.78 is 5.68. The first-order valence-corrected chi connectivity index (χ1v) is 8.22. The van der Waals surface area contributed by atoms with E-state index in [2.05, 4.69) is 60.6 Å². The number of aromatic nitrogens is 2. The summed E-state index contributed by atoms with van der Waals surface area (Å²) in [6, 6.07) is 15.7. The highest BCUT2D eigenvalue weighted by Crippen LogP contribution is 2.24. The first-order chi connectivity index (χ1) is 11.4. The van der Waals surface area contributed by atoms with E-state index in [4.69, 9.17) is 16.0 Å². The summed E-state index contributed by atoms with van der Waals surface area (Å²) in [5.74, 6) is 1.03. The summed E-state index contributed by atoms with van der Waals surface area (Å²) in [6.45, 7) is 7.08. The Balaban J connectivity index is 1.64. The number of benzene rings is 2. The second-order valence-corrected chi connectivity index (χ2v) is 7.13. The summed E-state index contributed by atoms with van der Waals surface area (Å²) in [7, 11) is 0. The van der Waals surface area contributed by atoms with Crippen LogP contribution in [0.5, 0.6) is 0 Å². The summed E-state index contributed by atoms with van der Waals surface area (Å²) in [4.78, 5) is 0. The molecule has 1 heterocycles. The van der Waals surface area contributed by atoms with Crippen LogP contribution >= 0.6 is 11.6 Å². The van der Waals surface area contributed by atoms with E-state index in [1.807, 2.05) is 12.1 Å². The van der Waals surface area contributed by atoms with Gasteiger partial charge in [-0.2, -0.15) is 0 Å². The maximum absolute atomic E-state index is 5.88. The monoisotopic (exact) mass is 341 g/mol. The van der Waals surface area contributed by atoms with Crippen LogP contribution in [0.15, 0.2) is 52.9 Å². The van der Waals surface area contributed by atoms with Gasteiger partial charge in [-0.05, 0) is 47.4 Å². The predicted octanol–water partition coefficient (Wildman–Crippen LogP) is 5.30. The minimum absolute atomic E-state index is 0.151. The molecule has 3 aromatic rings. The number of hydrogen-bond acceptors (Lipinski definition) is 4. The van der Waals surface area contributed by atoms with Crippen LogP contribution in [0.4, 0.5) is 5.69 Å². The summed E-state index contributed by atoms with van der Waals surface area (Å²) in [5, 5.41) is 12.1. The molecule has 1 aromatic heterocycles. The third-order valence-electron chi connectivity index (χ3n) is 3.75. The smallest absolute Gasteiger partial charge is 0.247 e. The predicted molar refractivity (Wildman–Crippen MR) is 97.2 cm³/mol. The average molecular weight is 342 g/mol. The van der Waals surface area contributed by atoms with Gasteiger partial charge in [-0.15, -0.1) is 10.2 Å². The second-order valence-electron chi connectivity index (χ2n) is 6.69. The zero-order valence-corrected chi connectivity index (χ0v) is 14.8. The lowest BCUT2D eigenvalue weighted by Crippen LogP contribution is -2.10. The van der Waals surface area contributed by atoms with Gasteiger partial charge in [-0.25, -0.2) is 0 Å². The van der Waals surface area contributed by atoms with Crippen molar-refractivity contribution in [3.05, 3.63) is 65.0 Å². The topological polar surface area (TPSA) is 51.0 Å². The van der Waals surface area contributed by atoms with E-state index in [0.717, 1.165) is 11.3 Å². The van der Waals surface area contributed by atoms with E-state index in [1.165, 1.54) is 5.56 Å². The van der Waals surface area contributed by atoms with Gasteiger partial charge in [0.25, 0.3) is 0 Å². The summed E-state index contributed by atoms with van der Waals surface area (Å²) in [6.07, 6.45) is 0. The molecular formula is C19H20ClN3O. The fourth-order valence-electron chi connectivity index (χ4n) is 2.30. The van der Waals surface area contributed by atoms with Gasteiger partial charge < -0.3 is 9.73 Å². The number of nitrogens with zero attached hydrogens (tertiary/aromatic N) is 2. The Hall–Kier alpha value is -2.33. The van der Waals surface area contributed by atoms with Crippen LogP contribution in [-0.2, 0) is 12.0 Å². The Kier molecular flexibility index (Phi) is 4.58. The van der Waals surface area contributed by atoms with Crippen LogP contribution < -0.4 is 5.32 Å². The lowest BCUT2D eigenvalue weighted by Gasteiger charge is -2.19. The Morgan fingerprint density at radius 3 is 2.25 bits per heavy atom. The maximum atomic E-state index is 5.88. The van der Waals surface area contributed by atoms with Gasteiger partial charge in [0, 0.05) is 16.3 Å². The molecule has 0 bridgehead atoms. The van der Waals surface area contributed by atoms with Crippen molar-refractivity contribution in [2.75, 3.05) is 5.32 Å². The molecule has 0 unspecified atom stereocenters. The van der Waals surface area contributed by atoms with Gasteiger partial charge in [0.2, 0.25) is 11.8 Å². The highest BCUT2D eigenvalue weighted by Gasteiger charge is 2.13. The van der Waals surface area contributed by atoms with Crippen molar-refractivity contribution in [3.8, 4) is 11.5 Å². The largest absolute Gasteiger partial charge is 0.419 e. The van der Waals surface area contributed by atoms with Gasteiger partial charge in [-0.3, -0.25) is 0 Å². The van der Waals surface area contributed by atoms with E-state index in [1.54, 1.807) is 12.1 Å². The van der Waals surface area contributed by atoms with Crippen LogP contribution in [0.3, 0.4) is 0 Å². The molecule has 0 spiro atoms. The number of hydrogen-bond donors (Lipinski definition) is 1.